The molecule has 0 aromatic carbocycles. The van der Waals surface area contributed by atoms with E-state index in [1.807, 2.05) is 6.07 Å². The van der Waals surface area contributed by atoms with Crippen molar-refractivity contribution in [3.05, 3.63) is 24.3 Å². The monoisotopic (exact) mass is 261 g/mol. The number of hydrogen-bond acceptors (Lipinski definition) is 3. The second kappa shape index (κ2) is 5.82. The summed E-state index contributed by atoms with van der Waals surface area (Å²) in [5, 5.41) is 8.64. The predicted molar refractivity (Wildman–Crippen MR) is 73.1 cm³/mol. The molecule has 2 aromatic heterocycles. The first-order chi connectivity index (χ1) is 9.09. The molecule has 0 aliphatic carbocycles. The van der Waals surface area contributed by atoms with Crippen LogP contribution in [0.1, 0.15) is 45.0 Å². The number of hydrogen-bond donors (Lipinski definition) is 1. The Morgan fingerprint density at radius 3 is 2.89 bits per heavy atom. The van der Waals surface area contributed by atoms with E-state index in [4.69, 9.17) is 5.11 Å². The molecule has 0 amide bonds. The summed E-state index contributed by atoms with van der Waals surface area (Å²) >= 11 is 0. The van der Waals surface area contributed by atoms with E-state index in [0.717, 1.165) is 29.7 Å². The number of aryl methyl sites for hydroxylation is 1. The fourth-order valence-electron chi connectivity index (χ4n) is 2.31. The van der Waals surface area contributed by atoms with Crippen LogP contribution in [0.3, 0.4) is 0 Å². The lowest BCUT2D eigenvalue weighted by Gasteiger charge is -2.12. The van der Waals surface area contributed by atoms with Gasteiger partial charge in [0.25, 0.3) is 0 Å². The van der Waals surface area contributed by atoms with Gasteiger partial charge in [0.15, 0.2) is 0 Å². The zero-order valence-electron chi connectivity index (χ0n) is 11.3. The summed E-state index contributed by atoms with van der Waals surface area (Å²) in [4.78, 5) is 19.2. The van der Waals surface area contributed by atoms with Gasteiger partial charge in [0.05, 0.1) is 11.7 Å². The SMILES string of the molecule is CC(C)n1c(CCCCC(=O)O)nc2cnccc21. The van der Waals surface area contributed by atoms with Gasteiger partial charge in [0, 0.05) is 25.1 Å². The van der Waals surface area contributed by atoms with Gasteiger partial charge in [-0.2, -0.15) is 0 Å². The molecule has 5 heteroatoms. The second-order valence-corrected chi connectivity index (χ2v) is 4.96. The van der Waals surface area contributed by atoms with Crippen LogP contribution >= 0.6 is 0 Å². The van der Waals surface area contributed by atoms with E-state index in [2.05, 4.69) is 28.4 Å². The number of imidazole rings is 1. The first-order valence-corrected chi connectivity index (χ1v) is 6.62. The molecule has 0 radical (unpaired) electrons. The van der Waals surface area contributed by atoms with Gasteiger partial charge in [-0.15, -0.1) is 0 Å². The van der Waals surface area contributed by atoms with Crippen LogP contribution in [-0.4, -0.2) is 25.6 Å². The van der Waals surface area contributed by atoms with E-state index < -0.39 is 5.97 Å². The molecule has 5 nitrogen and oxygen atoms in total. The van der Waals surface area contributed by atoms with Crippen molar-refractivity contribution >= 4 is 17.0 Å². The quantitative estimate of drug-likeness (QED) is 0.812. The molecular weight excluding hydrogens is 242 g/mol. The van der Waals surface area contributed by atoms with Crippen molar-refractivity contribution in [3.8, 4) is 0 Å². The number of carboxylic acids is 1. The van der Waals surface area contributed by atoms with E-state index >= 15 is 0 Å². The fourth-order valence-corrected chi connectivity index (χ4v) is 2.31. The van der Waals surface area contributed by atoms with Crippen LogP contribution in [0.25, 0.3) is 11.0 Å². The first kappa shape index (κ1) is 13.5. The van der Waals surface area contributed by atoms with E-state index in [0.29, 0.717) is 12.5 Å². The number of unbranched alkanes of at least 4 members (excludes halogenated alkanes) is 1. The molecule has 1 N–H and O–H groups in total. The van der Waals surface area contributed by atoms with Gasteiger partial charge in [-0.25, -0.2) is 4.98 Å². The van der Waals surface area contributed by atoms with Gasteiger partial charge < -0.3 is 9.67 Å². The Balaban J connectivity index is 2.17. The van der Waals surface area contributed by atoms with Crippen LogP contribution in [0.15, 0.2) is 18.5 Å². The lowest BCUT2D eigenvalue weighted by Crippen LogP contribution is -2.06. The molecule has 0 saturated carbocycles. The van der Waals surface area contributed by atoms with Gasteiger partial charge in [-0.1, -0.05) is 0 Å². The highest BCUT2D eigenvalue weighted by Gasteiger charge is 2.12. The Morgan fingerprint density at radius 1 is 1.42 bits per heavy atom. The normalized spacial score (nSPS) is 11.3. The molecular formula is C14H19N3O2. The van der Waals surface area contributed by atoms with Gasteiger partial charge in [0.1, 0.15) is 11.3 Å². The molecule has 2 aromatic rings. The highest BCUT2D eigenvalue weighted by molar-refractivity contribution is 5.74. The summed E-state index contributed by atoms with van der Waals surface area (Å²) in [5.74, 6) is 0.282. The maximum Gasteiger partial charge on any atom is 0.303 e. The third kappa shape index (κ3) is 3.10. The lowest BCUT2D eigenvalue weighted by molar-refractivity contribution is -0.137. The number of rotatable bonds is 6. The maximum absolute atomic E-state index is 10.5. The van der Waals surface area contributed by atoms with Crippen molar-refractivity contribution in [2.45, 2.75) is 45.6 Å². The molecule has 19 heavy (non-hydrogen) atoms. The lowest BCUT2D eigenvalue weighted by atomic mass is 10.2. The van der Waals surface area contributed by atoms with Crippen molar-refractivity contribution in [2.24, 2.45) is 0 Å². The molecule has 0 aliphatic rings. The minimum Gasteiger partial charge on any atom is -0.481 e. The zero-order chi connectivity index (χ0) is 13.8. The molecule has 102 valence electrons. The summed E-state index contributed by atoms with van der Waals surface area (Å²) in [7, 11) is 0. The number of fused-ring (bicyclic) bond motifs is 1. The third-order valence-electron chi connectivity index (χ3n) is 3.12. The van der Waals surface area contributed by atoms with Crippen molar-refractivity contribution in [1.29, 1.82) is 0 Å². The number of carbonyl (C=O) groups is 1. The Labute approximate surface area is 112 Å². The van der Waals surface area contributed by atoms with Crippen LogP contribution < -0.4 is 0 Å². The highest BCUT2D eigenvalue weighted by Crippen LogP contribution is 2.21. The van der Waals surface area contributed by atoms with E-state index in [-0.39, 0.29) is 6.42 Å². The Morgan fingerprint density at radius 2 is 2.21 bits per heavy atom. The smallest absolute Gasteiger partial charge is 0.303 e. The summed E-state index contributed by atoms with van der Waals surface area (Å²) in [5.41, 5.74) is 2.00. The summed E-state index contributed by atoms with van der Waals surface area (Å²) in [6.07, 6.45) is 6.11. The van der Waals surface area contributed by atoms with Crippen LogP contribution in [0.5, 0.6) is 0 Å². The fraction of sp³-hybridized carbons (Fsp3) is 0.500. The van der Waals surface area contributed by atoms with E-state index in [1.54, 1.807) is 12.4 Å². The first-order valence-electron chi connectivity index (χ1n) is 6.62. The van der Waals surface area contributed by atoms with Gasteiger partial charge in [-0.05, 0) is 32.8 Å². The molecule has 2 rings (SSSR count). The maximum atomic E-state index is 10.5. The van der Waals surface area contributed by atoms with Gasteiger partial charge in [0.2, 0.25) is 0 Å². The molecule has 0 bridgehead atoms. The van der Waals surface area contributed by atoms with Crippen LogP contribution in [0, 0.1) is 0 Å². The van der Waals surface area contributed by atoms with E-state index in [9.17, 15) is 4.79 Å². The number of nitrogens with zero attached hydrogens (tertiary/aromatic N) is 3. The minimum absolute atomic E-state index is 0.226. The number of carboxylic acid groups (broad SMARTS) is 1. The molecule has 0 fully saturated rings. The average molecular weight is 261 g/mol. The molecule has 0 aliphatic heterocycles. The molecule has 0 saturated heterocycles. The summed E-state index contributed by atoms with van der Waals surface area (Å²) in [6.45, 7) is 4.25. The van der Waals surface area contributed by atoms with Crippen molar-refractivity contribution < 1.29 is 9.90 Å². The number of aliphatic carboxylic acids is 1. The summed E-state index contributed by atoms with van der Waals surface area (Å²) in [6, 6.07) is 2.31. The van der Waals surface area contributed by atoms with Crippen LogP contribution in [0.4, 0.5) is 0 Å². The Kier molecular flexibility index (Phi) is 4.14. The molecule has 0 spiro atoms. The molecule has 0 unspecified atom stereocenters. The van der Waals surface area contributed by atoms with Crippen molar-refractivity contribution in [3.63, 3.8) is 0 Å². The second-order valence-electron chi connectivity index (χ2n) is 4.96. The van der Waals surface area contributed by atoms with Gasteiger partial charge >= 0.3 is 5.97 Å². The van der Waals surface area contributed by atoms with Crippen LogP contribution in [0.2, 0.25) is 0 Å². The number of pyridine rings is 1. The van der Waals surface area contributed by atoms with Crippen molar-refractivity contribution in [1.82, 2.24) is 14.5 Å². The topological polar surface area (TPSA) is 68.0 Å². The third-order valence-corrected chi connectivity index (χ3v) is 3.12. The van der Waals surface area contributed by atoms with E-state index in [1.165, 1.54) is 0 Å². The Bertz CT molecular complexity index is 575. The standard InChI is InChI=1S/C14H19N3O2/c1-10(2)17-12-7-8-15-9-11(12)16-13(17)5-3-4-6-14(18)19/h7-10H,3-6H2,1-2H3,(H,18,19). The predicted octanol–water partition coefficient (Wildman–Crippen LogP) is 2.81. The summed E-state index contributed by atoms with van der Waals surface area (Å²) < 4.78 is 2.21. The Hall–Kier alpha value is -1.91. The number of aromatic nitrogens is 3. The van der Waals surface area contributed by atoms with Crippen molar-refractivity contribution in [2.75, 3.05) is 0 Å². The van der Waals surface area contributed by atoms with Gasteiger partial charge in [-0.3, -0.25) is 9.78 Å². The average Bonchev–Trinajstić information content (AvgIpc) is 2.72. The highest BCUT2D eigenvalue weighted by atomic mass is 16.4. The minimum atomic E-state index is -0.735. The van der Waals surface area contributed by atoms with Crippen LogP contribution in [-0.2, 0) is 11.2 Å². The molecule has 2 heterocycles. The molecule has 0 atom stereocenters. The zero-order valence-corrected chi connectivity index (χ0v) is 11.3. The largest absolute Gasteiger partial charge is 0.481 e.